The predicted octanol–water partition coefficient (Wildman–Crippen LogP) is 2.72. The lowest BCUT2D eigenvalue weighted by Gasteiger charge is -2.05. The van der Waals surface area contributed by atoms with Crippen molar-refractivity contribution in [1.29, 1.82) is 0 Å². The average Bonchev–Trinajstić information content (AvgIpc) is 1.99. The number of benzene rings is 1. The third kappa shape index (κ3) is 1.33. The molecule has 0 fully saturated rings. The number of aryl methyl sites for hydroxylation is 3. The Morgan fingerprint density at radius 2 is 1.64 bits per heavy atom. The number of rotatable bonds is 0. The second-order valence-corrected chi connectivity index (χ2v) is 3.70. The second-order valence-electron chi connectivity index (χ2n) is 3.70. The molecule has 1 heterocycles. The molecule has 0 aliphatic carbocycles. The zero-order valence-electron chi connectivity index (χ0n) is 8.55. The first-order valence-electron chi connectivity index (χ1n) is 4.59. The Bertz CT molecular complexity index is 550. The van der Waals surface area contributed by atoms with E-state index in [1.807, 2.05) is 26.8 Å². The van der Waals surface area contributed by atoms with Crippen molar-refractivity contribution in [3.05, 3.63) is 45.3 Å². The van der Waals surface area contributed by atoms with E-state index in [4.69, 9.17) is 4.42 Å². The van der Waals surface area contributed by atoms with Crippen molar-refractivity contribution >= 4 is 11.0 Å². The Morgan fingerprint density at radius 1 is 1.00 bits per heavy atom. The standard InChI is InChI=1S/C12H12O2/c1-7-4-8(2)12-9(3)6-11(13)14-10(12)5-7/h4-6H,1-3H3. The molecule has 0 spiro atoms. The predicted molar refractivity (Wildman–Crippen MR) is 56.7 cm³/mol. The van der Waals surface area contributed by atoms with Gasteiger partial charge < -0.3 is 4.42 Å². The first-order chi connectivity index (χ1) is 6.58. The molecule has 0 bridgehead atoms. The molecule has 0 amide bonds. The topological polar surface area (TPSA) is 30.2 Å². The van der Waals surface area contributed by atoms with Crippen LogP contribution in [0, 0.1) is 20.8 Å². The molecule has 2 rings (SSSR count). The Labute approximate surface area is 82.2 Å². The molecular formula is C12H12O2. The molecule has 72 valence electrons. The van der Waals surface area contributed by atoms with Gasteiger partial charge in [-0.25, -0.2) is 4.79 Å². The molecule has 2 heteroatoms. The van der Waals surface area contributed by atoms with Crippen LogP contribution in [0.15, 0.2) is 27.4 Å². The minimum Gasteiger partial charge on any atom is -0.423 e. The number of hydrogen-bond donors (Lipinski definition) is 0. The normalized spacial score (nSPS) is 10.8. The average molecular weight is 188 g/mol. The first-order valence-corrected chi connectivity index (χ1v) is 4.59. The van der Waals surface area contributed by atoms with Gasteiger partial charge in [0.1, 0.15) is 5.58 Å². The summed E-state index contributed by atoms with van der Waals surface area (Å²) in [6, 6.07) is 5.52. The van der Waals surface area contributed by atoms with Crippen molar-refractivity contribution in [2.75, 3.05) is 0 Å². The molecule has 0 unspecified atom stereocenters. The Morgan fingerprint density at radius 3 is 2.36 bits per heavy atom. The molecule has 14 heavy (non-hydrogen) atoms. The molecule has 2 aromatic rings. The van der Waals surface area contributed by atoms with E-state index in [2.05, 4.69) is 6.07 Å². The number of fused-ring (bicyclic) bond motifs is 1. The SMILES string of the molecule is Cc1cc(C)c2c(C)cc(=O)oc2c1. The van der Waals surface area contributed by atoms with Gasteiger partial charge in [0.2, 0.25) is 0 Å². The van der Waals surface area contributed by atoms with Gasteiger partial charge in [-0.05, 0) is 43.5 Å². The lowest BCUT2D eigenvalue weighted by atomic mass is 10.0. The van der Waals surface area contributed by atoms with Crippen LogP contribution in [0.1, 0.15) is 16.7 Å². The second kappa shape index (κ2) is 2.98. The van der Waals surface area contributed by atoms with Crippen LogP contribution in [0.4, 0.5) is 0 Å². The van der Waals surface area contributed by atoms with E-state index in [0.717, 1.165) is 22.1 Å². The maximum absolute atomic E-state index is 11.2. The van der Waals surface area contributed by atoms with Crippen LogP contribution in [0.2, 0.25) is 0 Å². The molecule has 1 aromatic heterocycles. The maximum atomic E-state index is 11.2. The van der Waals surface area contributed by atoms with Gasteiger partial charge in [0.25, 0.3) is 0 Å². The van der Waals surface area contributed by atoms with Crippen molar-refractivity contribution in [3.8, 4) is 0 Å². The molecule has 0 aliphatic rings. The Kier molecular flexibility index (Phi) is 1.92. The summed E-state index contributed by atoms with van der Waals surface area (Å²) in [6.07, 6.45) is 0. The minimum atomic E-state index is -0.278. The monoisotopic (exact) mass is 188 g/mol. The maximum Gasteiger partial charge on any atom is 0.336 e. The van der Waals surface area contributed by atoms with Gasteiger partial charge in [-0.3, -0.25) is 0 Å². The van der Waals surface area contributed by atoms with Gasteiger partial charge in [-0.2, -0.15) is 0 Å². The lowest BCUT2D eigenvalue weighted by molar-refractivity contribution is 0.559. The summed E-state index contributed by atoms with van der Waals surface area (Å²) < 4.78 is 5.15. The molecule has 0 N–H and O–H groups in total. The molecule has 0 saturated heterocycles. The van der Waals surface area contributed by atoms with Crippen LogP contribution >= 0.6 is 0 Å². The summed E-state index contributed by atoms with van der Waals surface area (Å²) in [4.78, 5) is 11.2. The van der Waals surface area contributed by atoms with Gasteiger partial charge in [-0.1, -0.05) is 6.07 Å². The zero-order valence-corrected chi connectivity index (χ0v) is 8.55. The molecule has 0 aliphatic heterocycles. The van der Waals surface area contributed by atoms with E-state index in [0.29, 0.717) is 5.58 Å². The highest BCUT2D eigenvalue weighted by molar-refractivity contribution is 5.84. The molecule has 0 radical (unpaired) electrons. The largest absolute Gasteiger partial charge is 0.423 e. The summed E-state index contributed by atoms with van der Waals surface area (Å²) in [5, 5.41) is 1.05. The van der Waals surface area contributed by atoms with Crippen LogP contribution in [0.3, 0.4) is 0 Å². The fourth-order valence-electron chi connectivity index (χ4n) is 1.90. The van der Waals surface area contributed by atoms with E-state index < -0.39 is 0 Å². The summed E-state index contributed by atoms with van der Waals surface area (Å²) >= 11 is 0. The van der Waals surface area contributed by atoms with Crippen molar-refractivity contribution < 1.29 is 4.42 Å². The van der Waals surface area contributed by atoms with Gasteiger partial charge in [-0.15, -0.1) is 0 Å². The van der Waals surface area contributed by atoms with E-state index in [1.165, 1.54) is 6.07 Å². The van der Waals surface area contributed by atoms with E-state index >= 15 is 0 Å². The van der Waals surface area contributed by atoms with Gasteiger partial charge in [0.15, 0.2) is 0 Å². The van der Waals surface area contributed by atoms with Crippen molar-refractivity contribution in [2.24, 2.45) is 0 Å². The van der Waals surface area contributed by atoms with Crippen LogP contribution in [0.25, 0.3) is 11.0 Å². The van der Waals surface area contributed by atoms with Crippen LogP contribution in [-0.4, -0.2) is 0 Å². The van der Waals surface area contributed by atoms with Crippen LogP contribution in [0.5, 0.6) is 0 Å². The number of hydrogen-bond acceptors (Lipinski definition) is 2. The quantitative estimate of drug-likeness (QED) is 0.595. The van der Waals surface area contributed by atoms with Gasteiger partial charge >= 0.3 is 5.63 Å². The highest BCUT2D eigenvalue weighted by Crippen LogP contribution is 2.21. The van der Waals surface area contributed by atoms with Crippen LogP contribution < -0.4 is 5.63 Å². The minimum absolute atomic E-state index is 0.278. The van der Waals surface area contributed by atoms with E-state index in [-0.39, 0.29) is 5.63 Å². The first kappa shape index (κ1) is 9.00. The fraction of sp³-hybridized carbons (Fsp3) is 0.250. The van der Waals surface area contributed by atoms with Crippen molar-refractivity contribution in [1.82, 2.24) is 0 Å². The highest BCUT2D eigenvalue weighted by atomic mass is 16.4. The molecule has 0 saturated carbocycles. The zero-order chi connectivity index (χ0) is 10.3. The van der Waals surface area contributed by atoms with Crippen molar-refractivity contribution in [3.63, 3.8) is 0 Å². The molecular weight excluding hydrogens is 176 g/mol. The summed E-state index contributed by atoms with van der Waals surface area (Å²) in [7, 11) is 0. The summed E-state index contributed by atoms with van der Waals surface area (Å²) in [5.41, 5.74) is 3.66. The molecule has 1 aromatic carbocycles. The highest BCUT2D eigenvalue weighted by Gasteiger charge is 2.05. The van der Waals surface area contributed by atoms with E-state index in [9.17, 15) is 4.79 Å². The third-order valence-corrected chi connectivity index (χ3v) is 2.38. The molecule has 0 atom stereocenters. The third-order valence-electron chi connectivity index (χ3n) is 2.38. The lowest BCUT2D eigenvalue weighted by Crippen LogP contribution is -1.99. The van der Waals surface area contributed by atoms with Crippen LogP contribution in [-0.2, 0) is 0 Å². The van der Waals surface area contributed by atoms with Gasteiger partial charge in [0, 0.05) is 11.5 Å². The fourth-order valence-corrected chi connectivity index (χ4v) is 1.90. The smallest absolute Gasteiger partial charge is 0.336 e. The summed E-state index contributed by atoms with van der Waals surface area (Å²) in [5.74, 6) is 0. The van der Waals surface area contributed by atoms with Crippen molar-refractivity contribution in [2.45, 2.75) is 20.8 Å². The van der Waals surface area contributed by atoms with E-state index in [1.54, 1.807) is 0 Å². The Hall–Kier alpha value is -1.57. The van der Waals surface area contributed by atoms with Gasteiger partial charge in [0.05, 0.1) is 0 Å². The Balaban J connectivity index is 3.01. The summed E-state index contributed by atoms with van der Waals surface area (Å²) in [6.45, 7) is 5.96. The molecule has 2 nitrogen and oxygen atoms in total.